The second kappa shape index (κ2) is 6.52. The topological polar surface area (TPSA) is 32.3 Å². The minimum absolute atomic E-state index is 0. The molecule has 1 saturated heterocycles. The number of nitrogens with one attached hydrogen (secondary N) is 1. The fraction of sp³-hybridized carbons (Fsp3) is 0.438. The molecule has 2 heterocycles. The highest BCUT2D eigenvalue weighted by Gasteiger charge is 2.30. The molecule has 6 heteroatoms. The zero-order valence-corrected chi connectivity index (χ0v) is 14.5. The lowest BCUT2D eigenvalue weighted by molar-refractivity contribution is 0.0607. The number of halogens is 2. The average molecular weight is 343 g/mol. The molecule has 1 fully saturated rings. The number of hydrogen-bond acceptors (Lipinski definition) is 3. The molecule has 2 unspecified atom stereocenters. The van der Waals surface area contributed by atoms with E-state index in [1.165, 1.54) is 23.5 Å². The third kappa shape index (κ3) is 2.85. The summed E-state index contributed by atoms with van der Waals surface area (Å²) in [7, 11) is 0. The second-order valence-electron chi connectivity index (χ2n) is 5.68. The summed E-state index contributed by atoms with van der Waals surface area (Å²) in [5.74, 6) is -0.193. The Morgan fingerprint density at radius 3 is 2.86 bits per heavy atom. The predicted molar refractivity (Wildman–Crippen MR) is 91.7 cm³/mol. The number of aryl methyl sites for hydroxylation is 1. The fourth-order valence-corrected chi connectivity index (χ4v) is 4.02. The average Bonchev–Trinajstić information content (AvgIpc) is 2.78. The summed E-state index contributed by atoms with van der Waals surface area (Å²) in [6.45, 7) is 7.60. The molecule has 3 nitrogen and oxygen atoms in total. The van der Waals surface area contributed by atoms with Crippen LogP contribution in [0.25, 0.3) is 10.1 Å². The predicted octanol–water partition coefficient (Wildman–Crippen LogP) is 3.59. The van der Waals surface area contributed by atoms with Crippen LogP contribution in [0.5, 0.6) is 0 Å². The molecule has 1 aliphatic rings. The Labute approximate surface area is 139 Å². The maximum Gasteiger partial charge on any atom is 0.264 e. The van der Waals surface area contributed by atoms with E-state index in [1.807, 2.05) is 11.8 Å². The van der Waals surface area contributed by atoms with Crippen molar-refractivity contribution in [3.05, 3.63) is 34.5 Å². The summed E-state index contributed by atoms with van der Waals surface area (Å²) in [4.78, 5) is 15.5. The Balaban J connectivity index is 0.00000176. The van der Waals surface area contributed by atoms with Gasteiger partial charge in [-0.15, -0.1) is 23.7 Å². The number of carbonyl (C=O) groups excluding carboxylic acids is 1. The minimum atomic E-state index is -0.258. The van der Waals surface area contributed by atoms with Gasteiger partial charge in [-0.2, -0.15) is 0 Å². The number of amides is 1. The molecule has 0 aliphatic carbocycles. The third-order valence-corrected chi connectivity index (χ3v) is 5.65. The third-order valence-electron chi connectivity index (χ3n) is 4.39. The van der Waals surface area contributed by atoms with Crippen molar-refractivity contribution < 1.29 is 9.18 Å². The summed E-state index contributed by atoms with van der Waals surface area (Å²) < 4.78 is 14.4. The number of nitrogens with zero attached hydrogens (tertiary/aromatic N) is 1. The molecule has 2 aromatic rings. The lowest BCUT2D eigenvalue weighted by Gasteiger charge is -2.38. The van der Waals surface area contributed by atoms with E-state index in [-0.39, 0.29) is 36.2 Å². The van der Waals surface area contributed by atoms with E-state index < -0.39 is 0 Å². The maximum absolute atomic E-state index is 13.4. The van der Waals surface area contributed by atoms with Gasteiger partial charge in [0.05, 0.1) is 4.88 Å². The van der Waals surface area contributed by atoms with Crippen molar-refractivity contribution in [1.29, 1.82) is 0 Å². The molecule has 0 bridgehead atoms. The van der Waals surface area contributed by atoms with Crippen molar-refractivity contribution in [2.75, 3.05) is 13.1 Å². The number of fused-ring (bicyclic) bond motifs is 1. The Morgan fingerprint density at radius 2 is 2.14 bits per heavy atom. The first kappa shape index (κ1) is 17.2. The van der Waals surface area contributed by atoms with Gasteiger partial charge in [0.15, 0.2) is 0 Å². The van der Waals surface area contributed by atoms with Crippen LogP contribution >= 0.6 is 23.7 Å². The number of thiophene rings is 1. The molecule has 0 radical (unpaired) electrons. The van der Waals surface area contributed by atoms with Crippen molar-refractivity contribution >= 4 is 39.7 Å². The number of carbonyl (C=O) groups is 1. The number of rotatable bonds is 1. The summed E-state index contributed by atoms with van der Waals surface area (Å²) >= 11 is 1.46. The molecule has 1 aliphatic heterocycles. The highest BCUT2D eigenvalue weighted by molar-refractivity contribution is 7.21. The van der Waals surface area contributed by atoms with E-state index in [0.29, 0.717) is 6.54 Å². The van der Waals surface area contributed by atoms with Gasteiger partial charge in [0.2, 0.25) is 0 Å². The SMILES string of the molecule is Cc1c(C(=O)N2CCNC(C)C2C)sc2ccc(F)cc12.Cl. The monoisotopic (exact) mass is 342 g/mol. The molecule has 0 saturated carbocycles. The molecule has 1 aromatic heterocycles. The Bertz CT molecular complexity index is 703. The molecule has 120 valence electrons. The molecule has 3 rings (SSSR count). The van der Waals surface area contributed by atoms with Crippen LogP contribution in [0.15, 0.2) is 18.2 Å². The summed E-state index contributed by atoms with van der Waals surface area (Å²) in [6, 6.07) is 5.16. The van der Waals surface area contributed by atoms with Crippen molar-refractivity contribution in [2.24, 2.45) is 0 Å². The lowest BCUT2D eigenvalue weighted by atomic mass is 10.1. The number of hydrogen-bond donors (Lipinski definition) is 1. The van der Waals surface area contributed by atoms with Crippen LogP contribution in [0.1, 0.15) is 29.1 Å². The lowest BCUT2D eigenvalue weighted by Crippen LogP contribution is -2.57. The zero-order valence-electron chi connectivity index (χ0n) is 12.9. The smallest absolute Gasteiger partial charge is 0.264 e. The van der Waals surface area contributed by atoms with Crippen LogP contribution in [0, 0.1) is 12.7 Å². The molecule has 0 spiro atoms. The van der Waals surface area contributed by atoms with Gasteiger partial charge in [-0.05, 0) is 49.9 Å². The summed E-state index contributed by atoms with van der Waals surface area (Å²) in [6.07, 6.45) is 0. The highest BCUT2D eigenvalue weighted by Crippen LogP contribution is 2.32. The van der Waals surface area contributed by atoms with Gasteiger partial charge >= 0.3 is 0 Å². The van der Waals surface area contributed by atoms with Gasteiger partial charge in [0.1, 0.15) is 5.82 Å². The van der Waals surface area contributed by atoms with Crippen LogP contribution in [0.4, 0.5) is 4.39 Å². The minimum Gasteiger partial charge on any atom is -0.332 e. The molecule has 1 N–H and O–H groups in total. The normalized spacial score (nSPS) is 21.7. The first-order chi connectivity index (χ1) is 9.99. The molecule has 1 amide bonds. The standard InChI is InChI=1S/C16H19FN2OS.ClH/c1-9-13-8-12(17)4-5-14(13)21-15(9)16(20)19-7-6-18-10(2)11(19)3;/h4-5,8,10-11,18H,6-7H2,1-3H3;1H. The van der Waals surface area contributed by atoms with Gasteiger partial charge in [-0.3, -0.25) is 4.79 Å². The fourth-order valence-electron chi connectivity index (χ4n) is 2.87. The van der Waals surface area contributed by atoms with E-state index in [1.54, 1.807) is 6.07 Å². The summed E-state index contributed by atoms with van der Waals surface area (Å²) in [5, 5.41) is 4.22. The van der Waals surface area contributed by atoms with E-state index >= 15 is 0 Å². The molecule has 22 heavy (non-hydrogen) atoms. The molecular weight excluding hydrogens is 323 g/mol. The quantitative estimate of drug-likeness (QED) is 0.859. The van der Waals surface area contributed by atoms with Gasteiger partial charge < -0.3 is 10.2 Å². The Kier molecular flexibility index (Phi) is 5.10. The number of benzene rings is 1. The van der Waals surface area contributed by atoms with Gasteiger partial charge in [0.25, 0.3) is 5.91 Å². The second-order valence-corrected chi connectivity index (χ2v) is 6.73. The van der Waals surface area contributed by atoms with Crippen molar-refractivity contribution in [3.63, 3.8) is 0 Å². The first-order valence-corrected chi connectivity index (χ1v) is 8.03. The highest BCUT2D eigenvalue weighted by atomic mass is 35.5. The molecular formula is C16H20ClFN2OS. The molecule has 1 aromatic carbocycles. The van der Waals surface area contributed by atoms with Crippen LogP contribution in [0.2, 0.25) is 0 Å². The first-order valence-electron chi connectivity index (χ1n) is 7.22. The van der Waals surface area contributed by atoms with E-state index in [4.69, 9.17) is 0 Å². The zero-order chi connectivity index (χ0) is 15.1. The summed E-state index contributed by atoms with van der Waals surface area (Å²) in [5.41, 5.74) is 0.887. The van der Waals surface area contributed by atoms with Gasteiger partial charge in [-0.1, -0.05) is 0 Å². The Morgan fingerprint density at radius 1 is 1.41 bits per heavy atom. The molecule has 2 atom stereocenters. The van der Waals surface area contributed by atoms with Crippen molar-refractivity contribution in [1.82, 2.24) is 10.2 Å². The van der Waals surface area contributed by atoms with Gasteiger partial charge in [0, 0.05) is 29.9 Å². The largest absolute Gasteiger partial charge is 0.332 e. The van der Waals surface area contributed by atoms with E-state index in [0.717, 1.165) is 27.1 Å². The van der Waals surface area contributed by atoms with E-state index in [2.05, 4.69) is 19.2 Å². The van der Waals surface area contributed by atoms with Crippen LogP contribution in [0.3, 0.4) is 0 Å². The number of piperazine rings is 1. The Hall–Kier alpha value is -1.17. The van der Waals surface area contributed by atoms with Crippen molar-refractivity contribution in [3.8, 4) is 0 Å². The van der Waals surface area contributed by atoms with Crippen LogP contribution < -0.4 is 5.32 Å². The maximum atomic E-state index is 13.4. The van der Waals surface area contributed by atoms with Crippen molar-refractivity contribution in [2.45, 2.75) is 32.9 Å². The van der Waals surface area contributed by atoms with Gasteiger partial charge in [-0.25, -0.2) is 4.39 Å². The van der Waals surface area contributed by atoms with Crippen LogP contribution in [-0.2, 0) is 0 Å². The van der Waals surface area contributed by atoms with Crippen LogP contribution in [-0.4, -0.2) is 36.0 Å². The van der Waals surface area contributed by atoms with E-state index in [9.17, 15) is 9.18 Å².